The molecule has 0 amide bonds. The molecule has 1 fully saturated rings. The van der Waals surface area contributed by atoms with Gasteiger partial charge in [-0.1, -0.05) is 166 Å². The third-order valence-electron chi connectivity index (χ3n) is 10.4. The number of ether oxygens (including phenoxy) is 4. The number of aliphatic hydroxyl groups is 3. The fourth-order valence-corrected chi connectivity index (χ4v) is 7.61. The molecular weight excluding hydrogens is 765 g/mol. The number of allylic oxidation sites excluding steroid dienone is 4. The van der Waals surface area contributed by atoms with E-state index in [1.165, 1.54) is 122 Å². The van der Waals surface area contributed by atoms with Crippen molar-refractivity contribution < 1.29 is 56.8 Å². The van der Waals surface area contributed by atoms with Gasteiger partial charge in [0.1, 0.15) is 36.8 Å². The van der Waals surface area contributed by atoms with Crippen LogP contribution in [0.3, 0.4) is 0 Å². The number of carbonyl (C=O) groups is 2. The number of hydrogen-bond acceptors (Lipinski definition) is 11. The van der Waals surface area contributed by atoms with Crippen LogP contribution in [0.25, 0.3) is 0 Å². The van der Waals surface area contributed by atoms with E-state index in [-0.39, 0.29) is 13.0 Å². The molecule has 2 unspecified atom stereocenters. The molecule has 13 heteroatoms. The standard InChI is InChI=1S/C45H80O12S/c1-3-5-7-9-11-13-15-17-19-21-23-25-27-29-31-33-40(46)54-35-38(36-55-45-44(50)43(49)42(48)39(57-45)37-58(51,52)53)56-41(47)34-32-30-28-26-24-22-20-18-16-14-12-10-8-6-4-2/h3,28,30,32,34,38-39,42-45,48-50H,1,4-27,29,31,33,35-37H2,2H3,(H,51,52,53)/b30-28+,34-32+/t38-,39-,42-,43?,44?,45+/m1/s1. The van der Waals surface area contributed by atoms with Gasteiger partial charge in [0.25, 0.3) is 10.1 Å². The third kappa shape index (κ3) is 30.0. The van der Waals surface area contributed by atoms with Crippen LogP contribution in [-0.2, 0) is 38.7 Å². The number of rotatable bonds is 38. The molecular formula is C45H80O12S. The molecule has 58 heavy (non-hydrogen) atoms. The molecule has 1 saturated heterocycles. The number of aliphatic hydroxyl groups excluding tert-OH is 3. The zero-order valence-electron chi connectivity index (χ0n) is 35.7. The average molecular weight is 845 g/mol. The normalized spacial score (nSPS) is 20.5. The highest BCUT2D eigenvalue weighted by molar-refractivity contribution is 7.85. The average Bonchev–Trinajstić information content (AvgIpc) is 3.18. The molecule has 0 saturated carbocycles. The number of esters is 2. The van der Waals surface area contributed by atoms with Gasteiger partial charge in [0.2, 0.25) is 0 Å². The van der Waals surface area contributed by atoms with E-state index in [1.54, 1.807) is 12.2 Å². The molecule has 1 heterocycles. The summed E-state index contributed by atoms with van der Waals surface area (Å²) in [6.07, 6.45) is 30.0. The van der Waals surface area contributed by atoms with Crippen LogP contribution in [0.4, 0.5) is 0 Å². The van der Waals surface area contributed by atoms with Crippen molar-refractivity contribution in [3.8, 4) is 0 Å². The highest BCUT2D eigenvalue weighted by Crippen LogP contribution is 2.24. The summed E-state index contributed by atoms with van der Waals surface area (Å²) in [6, 6.07) is 0. The Kier molecular flexibility index (Phi) is 33.1. The maximum absolute atomic E-state index is 12.7. The van der Waals surface area contributed by atoms with Crippen molar-refractivity contribution in [1.29, 1.82) is 0 Å². The first kappa shape index (κ1) is 53.9. The molecule has 0 aromatic rings. The summed E-state index contributed by atoms with van der Waals surface area (Å²) >= 11 is 0. The topological polar surface area (TPSA) is 186 Å². The van der Waals surface area contributed by atoms with Crippen molar-refractivity contribution in [2.75, 3.05) is 19.0 Å². The molecule has 1 rings (SSSR count). The van der Waals surface area contributed by atoms with Gasteiger partial charge in [-0.15, -0.1) is 6.58 Å². The molecule has 1 aliphatic rings. The molecule has 0 spiro atoms. The highest BCUT2D eigenvalue weighted by atomic mass is 32.2. The summed E-state index contributed by atoms with van der Waals surface area (Å²) < 4.78 is 53.8. The first-order valence-electron chi connectivity index (χ1n) is 22.5. The molecule has 6 atom stereocenters. The number of carbonyl (C=O) groups excluding carboxylic acids is 2. The first-order valence-corrected chi connectivity index (χ1v) is 24.2. The van der Waals surface area contributed by atoms with Crippen molar-refractivity contribution in [2.45, 2.75) is 217 Å². The van der Waals surface area contributed by atoms with Crippen LogP contribution in [-0.4, -0.2) is 96.0 Å². The molecule has 0 aromatic heterocycles. The van der Waals surface area contributed by atoms with Crippen LogP contribution >= 0.6 is 0 Å². The lowest BCUT2D eigenvalue weighted by Gasteiger charge is -2.40. The van der Waals surface area contributed by atoms with Gasteiger partial charge in [0.15, 0.2) is 12.4 Å². The second-order valence-corrected chi connectivity index (χ2v) is 17.4. The third-order valence-corrected chi connectivity index (χ3v) is 11.2. The number of unbranched alkanes of at least 4 members (excludes halogenated alkanes) is 24. The van der Waals surface area contributed by atoms with Crippen LogP contribution in [0.15, 0.2) is 37.0 Å². The Labute approximate surface area is 351 Å². The minimum atomic E-state index is -4.61. The summed E-state index contributed by atoms with van der Waals surface area (Å²) in [4.78, 5) is 25.3. The van der Waals surface area contributed by atoms with E-state index in [0.717, 1.165) is 44.9 Å². The molecule has 1 aliphatic heterocycles. The van der Waals surface area contributed by atoms with Crippen LogP contribution in [0.2, 0.25) is 0 Å². The Hall–Kier alpha value is -2.13. The maximum atomic E-state index is 12.7. The molecule has 338 valence electrons. The highest BCUT2D eigenvalue weighted by Gasteiger charge is 2.46. The van der Waals surface area contributed by atoms with Crippen molar-refractivity contribution in [2.24, 2.45) is 0 Å². The van der Waals surface area contributed by atoms with E-state index < -0.39 is 71.2 Å². The van der Waals surface area contributed by atoms with E-state index >= 15 is 0 Å². The van der Waals surface area contributed by atoms with E-state index in [9.17, 15) is 37.9 Å². The van der Waals surface area contributed by atoms with Gasteiger partial charge < -0.3 is 34.3 Å². The van der Waals surface area contributed by atoms with E-state index in [2.05, 4.69) is 13.5 Å². The lowest BCUT2D eigenvalue weighted by atomic mass is 10.00. The number of hydrogen-bond donors (Lipinski definition) is 4. The minimum absolute atomic E-state index is 0.198. The minimum Gasteiger partial charge on any atom is -0.462 e. The Morgan fingerprint density at radius 1 is 0.672 bits per heavy atom. The van der Waals surface area contributed by atoms with Gasteiger partial charge in [0, 0.05) is 12.5 Å². The van der Waals surface area contributed by atoms with E-state index in [4.69, 9.17) is 18.9 Å². The quantitative estimate of drug-likeness (QED) is 0.0116. The van der Waals surface area contributed by atoms with Gasteiger partial charge in [-0.25, -0.2) is 4.79 Å². The summed E-state index contributed by atoms with van der Waals surface area (Å²) in [5, 5.41) is 30.8. The smallest absolute Gasteiger partial charge is 0.331 e. The van der Waals surface area contributed by atoms with Gasteiger partial charge >= 0.3 is 11.9 Å². The lowest BCUT2D eigenvalue weighted by molar-refractivity contribution is -0.297. The van der Waals surface area contributed by atoms with Crippen LogP contribution in [0.1, 0.15) is 180 Å². The van der Waals surface area contributed by atoms with Crippen molar-refractivity contribution >= 4 is 22.1 Å². The lowest BCUT2D eigenvalue weighted by Crippen LogP contribution is -2.60. The fourth-order valence-electron chi connectivity index (χ4n) is 6.92. The molecule has 12 nitrogen and oxygen atoms in total. The molecule has 0 bridgehead atoms. The maximum Gasteiger partial charge on any atom is 0.331 e. The van der Waals surface area contributed by atoms with E-state index in [1.807, 2.05) is 12.2 Å². The SMILES string of the molecule is C=CCCCCCCCCCCCCCCCC(=O)OC[C@H](CO[C@H]1O[C@H](CS(=O)(=O)O)[C@@H](O)C(O)C1O)OC(=O)/C=C/C=C/CCCCCCCCCCCCC. The molecule has 0 aliphatic carbocycles. The van der Waals surface area contributed by atoms with Crippen LogP contribution in [0.5, 0.6) is 0 Å². The van der Waals surface area contributed by atoms with Crippen molar-refractivity contribution in [3.63, 3.8) is 0 Å². The van der Waals surface area contributed by atoms with Gasteiger partial charge in [-0.2, -0.15) is 8.42 Å². The molecule has 0 radical (unpaired) electrons. The zero-order valence-corrected chi connectivity index (χ0v) is 36.6. The summed E-state index contributed by atoms with van der Waals surface area (Å²) in [5.41, 5.74) is 0. The van der Waals surface area contributed by atoms with E-state index in [0.29, 0.717) is 6.42 Å². The second kappa shape index (κ2) is 35.6. The van der Waals surface area contributed by atoms with Crippen LogP contribution < -0.4 is 0 Å². The van der Waals surface area contributed by atoms with Crippen molar-refractivity contribution in [1.82, 2.24) is 0 Å². The Morgan fingerprint density at radius 2 is 1.17 bits per heavy atom. The Morgan fingerprint density at radius 3 is 1.69 bits per heavy atom. The first-order chi connectivity index (χ1) is 28.0. The fraction of sp³-hybridized carbons (Fsp3) is 0.822. The largest absolute Gasteiger partial charge is 0.462 e. The Bertz CT molecular complexity index is 1210. The Balaban J connectivity index is 2.49. The predicted octanol–water partition coefficient (Wildman–Crippen LogP) is 9.00. The second-order valence-electron chi connectivity index (χ2n) is 15.9. The van der Waals surface area contributed by atoms with Gasteiger partial charge in [-0.05, 0) is 32.1 Å². The van der Waals surface area contributed by atoms with Crippen molar-refractivity contribution in [3.05, 3.63) is 37.0 Å². The summed E-state index contributed by atoms with van der Waals surface area (Å²) in [6.45, 7) is 5.19. The van der Waals surface area contributed by atoms with Crippen LogP contribution in [0, 0.1) is 0 Å². The van der Waals surface area contributed by atoms with Gasteiger partial charge in [-0.3, -0.25) is 9.35 Å². The predicted molar refractivity (Wildman–Crippen MR) is 229 cm³/mol. The summed E-state index contributed by atoms with van der Waals surface area (Å²) in [5.74, 6) is -2.25. The molecule has 4 N–H and O–H groups in total. The monoisotopic (exact) mass is 845 g/mol. The zero-order chi connectivity index (χ0) is 42.7. The summed E-state index contributed by atoms with van der Waals surface area (Å²) in [7, 11) is -4.61. The van der Waals surface area contributed by atoms with Gasteiger partial charge in [0.05, 0.1) is 6.61 Å². The molecule has 0 aromatic carbocycles.